The van der Waals surface area contributed by atoms with Crippen molar-refractivity contribution in [2.24, 2.45) is 5.92 Å². The van der Waals surface area contributed by atoms with Gasteiger partial charge in [0.25, 0.3) is 5.91 Å². The Balaban J connectivity index is 1.13. The Bertz CT molecular complexity index is 980. The maximum Gasteiger partial charge on any atom is 0.407 e. The van der Waals surface area contributed by atoms with Crippen molar-refractivity contribution in [3.8, 4) is 11.1 Å². The van der Waals surface area contributed by atoms with Gasteiger partial charge in [-0.3, -0.25) is 9.63 Å². The predicted molar refractivity (Wildman–Crippen MR) is 124 cm³/mol. The summed E-state index contributed by atoms with van der Waals surface area (Å²) in [6.07, 6.45) is 0.0971. The van der Waals surface area contributed by atoms with Gasteiger partial charge in [-0.25, -0.2) is 15.1 Å². The van der Waals surface area contributed by atoms with Gasteiger partial charge in [-0.2, -0.15) is 11.8 Å². The van der Waals surface area contributed by atoms with Crippen LogP contribution in [0.15, 0.2) is 48.5 Å². The lowest BCUT2D eigenvalue weighted by atomic mass is 9.98. The average Bonchev–Trinajstić information content (AvgIpc) is 3.59. The molecule has 0 saturated heterocycles. The summed E-state index contributed by atoms with van der Waals surface area (Å²) in [5.41, 5.74) is 6.86. The number of hydrogen-bond acceptors (Lipinski definition) is 6. The lowest BCUT2D eigenvalue weighted by Gasteiger charge is -2.14. The molecule has 2 amide bonds. The molecule has 3 N–H and O–H groups in total. The molecular formula is C24H26N2O6S. The minimum Gasteiger partial charge on any atom is -0.479 e. The Morgan fingerprint density at radius 2 is 1.67 bits per heavy atom. The van der Waals surface area contributed by atoms with Gasteiger partial charge < -0.3 is 15.2 Å². The monoisotopic (exact) mass is 470 g/mol. The van der Waals surface area contributed by atoms with Gasteiger partial charge in [-0.15, -0.1) is 0 Å². The maximum atomic E-state index is 12.1. The number of carboxylic acids is 1. The number of fused-ring (bicyclic) bond motifs is 3. The Labute approximate surface area is 196 Å². The first-order valence-electron chi connectivity index (χ1n) is 10.9. The Morgan fingerprint density at radius 3 is 2.27 bits per heavy atom. The quantitative estimate of drug-likeness (QED) is 0.341. The molecule has 4 rings (SSSR count). The zero-order valence-electron chi connectivity index (χ0n) is 18.0. The SMILES string of the molecule is O=C(CSCCNC(=O)OCC1c2ccccc2-c2ccccc21)NOC(C(=O)O)C1CC1. The third-order valence-corrected chi connectivity index (χ3v) is 6.64. The van der Waals surface area contributed by atoms with Crippen LogP contribution in [-0.4, -0.2) is 53.8 Å². The largest absolute Gasteiger partial charge is 0.479 e. The molecule has 8 nitrogen and oxygen atoms in total. The van der Waals surface area contributed by atoms with Crippen molar-refractivity contribution in [2.45, 2.75) is 24.9 Å². The van der Waals surface area contributed by atoms with Crippen LogP contribution in [0.25, 0.3) is 11.1 Å². The molecule has 9 heteroatoms. The van der Waals surface area contributed by atoms with Crippen LogP contribution in [0.1, 0.15) is 29.9 Å². The lowest BCUT2D eigenvalue weighted by Crippen LogP contribution is -2.36. The van der Waals surface area contributed by atoms with Crippen molar-refractivity contribution in [1.29, 1.82) is 0 Å². The first-order valence-corrected chi connectivity index (χ1v) is 12.0. The first-order chi connectivity index (χ1) is 16.0. The second-order valence-electron chi connectivity index (χ2n) is 8.04. The van der Waals surface area contributed by atoms with Crippen molar-refractivity contribution in [3.05, 3.63) is 59.7 Å². The van der Waals surface area contributed by atoms with Crippen LogP contribution < -0.4 is 10.8 Å². The molecule has 1 atom stereocenters. The average molecular weight is 471 g/mol. The molecule has 2 aromatic rings. The number of ether oxygens (including phenoxy) is 1. The third-order valence-electron chi connectivity index (χ3n) is 5.69. The molecule has 2 aliphatic carbocycles. The Kier molecular flexibility index (Phi) is 7.51. The fourth-order valence-electron chi connectivity index (χ4n) is 3.95. The van der Waals surface area contributed by atoms with Crippen molar-refractivity contribution in [3.63, 3.8) is 0 Å². The molecule has 2 aromatic carbocycles. The minimum atomic E-state index is -1.07. The van der Waals surface area contributed by atoms with Crippen LogP contribution in [0.2, 0.25) is 0 Å². The van der Waals surface area contributed by atoms with Crippen LogP contribution in [0, 0.1) is 5.92 Å². The normalized spacial score (nSPS) is 15.3. The molecule has 0 aliphatic heterocycles. The molecule has 1 saturated carbocycles. The van der Waals surface area contributed by atoms with Crippen molar-refractivity contribution in [1.82, 2.24) is 10.8 Å². The fraction of sp³-hybridized carbons (Fsp3) is 0.375. The number of carbonyl (C=O) groups excluding carboxylic acids is 2. The molecule has 1 fully saturated rings. The van der Waals surface area contributed by atoms with E-state index in [4.69, 9.17) is 14.7 Å². The summed E-state index contributed by atoms with van der Waals surface area (Å²) in [7, 11) is 0. The van der Waals surface area contributed by atoms with Crippen molar-refractivity contribution >= 4 is 29.7 Å². The summed E-state index contributed by atoms with van der Waals surface area (Å²) < 4.78 is 5.47. The highest BCUT2D eigenvalue weighted by molar-refractivity contribution is 7.99. The molecule has 33 heavy (non-hydrogen) atoms. The molecule has 0 aromatic heterocycles. The number of hydrogen-bond donors (Lipinski definition) is 3. The summed E-state index contributed by atoms with van der Waals surface area (Å²) in [6, 6.07) is 16.3. The van der Waals surface area contributed by atoms with E-state index in [-0.39, 0.29) is 24.2 Å². The van der Waals surface area contributed by atoms with Crippen LogP contribution in [0.5, 0.6) is 0 Å². The highest BCUT2D eigenvalue weighted by atomic mass is 32.2. The number of carboxylic acid groups (broad SMARTS) is 1. The predicted octanol–water partition coefficient (Wildman–Crippen LogP) is 3.17. The number of amides is 2. The van der Waals surface area contributed by atoms with E-state index in [0.717, 1.165) is 24.0 Å². The third kappa shape index (κ3) is 5.85. The molecular weight excluding hydrogens is 444 g/mol. The van der Waals surface area contributed by atoms with E-state index < -0.39 is 24.1 Å². The summed E-state index contributed by atoms with van der Waals surface area (Å²) in [4.78, 5) is 40.0. The summed E-state index contributed by atoms with van der Waals surface area (Å²) >= 11 is 1.30. The standard InChI is InChI=1S/C24H26N2O6S/c27-21(26-32-22(23(28)29)15-9-10-15)14-33-12-11-25-24(30)31-13-20-18-7-3-1-5-16(18)17-6-2-4-8-19(17)20/h1-8,15,20,22H,9-14H2,(H,25,30)(H,26,27)(H,28,29). The van der Waals surface area contributed by atoms with E-state index in [1.54, 1.807) is 0 Å². The number of aliphatic carboxylic acids is 1. The second kappa shape index (κ2) is 10.7. The molecule has 2 aliphatic rings. The molecule has 1 unspecified atom stereocenters. The van der Waals surface area contributed by atoms with Gasteiger partial charge in [0.1, 0.15) is 6.61 Å². The molecule has 0 heterocycles. The molecule has 0 spiro atoms. The van der Waals surface area contributed by atoms with E-state index in [1.165, 1.54) is 22.9 Å². The number of benzene rings is 2. The molecule has 0 radical (unpaired) electrons. The number of alkyl carbamates (subject to hydrolysis) is 1. The van der Waals surface area contributed by atoms with Gasteiger partial charge >= 0.3 is 12.1 Å². The lowest BCUT2D eigenvalue weighted by molar-refractivity contribution is -0.161. The number of nitrogens with one attached hydrogen (secondary N) is 2. The van der Waals surface area contributed by atoms with E-state index >= 15 is 0 Å². The minimum absolute atomic E-state index is 0.00601. The van der Waals surface area contributed by atoms with Gasteiger partial charge in [-0.05, 0) is 41.0 Å². The number of thioether (sulfide) groups is 1. The first kappa shape index (κ1) is 23.1. The van der Waals surface area contributed by atoms with Gasteiger partial charge in [0.05, 0.1) is 5.75 Å². The summed E-state index contributed by atoms with van der Waals surface area (Å²) in [5, 5.41) is 11.8. The maximum absolute atomic E-state index is 12.1. The van der Waals surface area contributed by atoms with Gasteiger partial charge in [-0.1, -0.05) is 48.5 Å². The van der Waals surface area contributed by atoms with Crippen molar-refractivity contribution in [2.75, 3.05) is 24.7 Å². The number of carbonyl (C=O) groups is 3. The van der Waals surface area contributed by atoms with Crippen LogP contribution in [0.3, 0.4) is 0 Å². The zero-order chi connectivity index (χ0) is 23.2. The van der Waals surface area contributed by atoms with E-state index in [2.05, 4.69) is 35.1 Å². The van der Waals surface area contributed by atoms with Crippen LogP contribution in [-0.2, 0) is 19.2 Å². The summed E-state index contributed by atoms with van der Waals surface area (Å²) in [6.45, 7) is 0.591. The van der Waals surface area contributed by atoms with Crippen LogP contribution >= 0.6 is 11.8 Å². The Morgan fingerprint density at radius 1 is 1.03 bits per heavy atom. The topological polar surface area (TPSA) is 114 Å². The van der Waals surface area contributed by atoms with Crippen LogP contribution in [0.4, 0.5) is 4.79 Å². The highest BCUT2D eigenvalue weighted by Crippen LogP contribution is 2.44. The second-order valence-corrected chi connectivity index (χ2v) is 9.15. The van der Waals surface area contributed by atoms with E-state index in [9.17, 15) is 14.4 Å². The van der Waals surface area contributed by atoms with E-state index in [0.29, 0.717) is 12.3 Å². The molecule has 174 valence electrons. The summed E-state index contributed by atoms with van der Waals surface area (Å²) in [5.74, 6) is -0.902. The van der Waals surface area contributed by atoms with Gasteiger partial charge in [0.15, 0.2) is 6.10 Å². The Hall–Kier alpha value is -3.04. The smallest absolute Gasteiger partial charge is 0.407 e. The fourth-order valence-corrected chi connectivity index (χ4v) is 4.58. The number of hydroxylamine groups is 1. The van der Waals surface area contributed by atoms with Crippen molar-refractivity contribution < 1.29 is 29.1 Å². The zero-order valence-corrected chi connectivity index (χ0v) is 18.8. The molecule has 0 bridgehead atoms. The van der Waals surface area contributed by atoms with Gasteiger partial charge in [0.2, 0.25) is 0 Å². The van der Waals surface area contributed by atoms with E-state index in [1.807, 2.05) is 24.3 Å². The van der Waals surface area contributed by atoms with Gasteiger partial charge in [0, 0.05) is 18.2 Å². The number of rotatable bonds is 11. The highest BCUT2D eigenvalue weighted by Gasteiger charge is 2.38.